The van der Waals surface area contributed by atoms with Gasteiger partial charge in [0.1, 0.15) is 11.3 Å². The number of aryl methyl sites for hydroxylation is 1. The van der Waals surface area contributed by atoms with Crippen LogP contribution in [0.2, 0.25) is 0 Å². The summed E-state index contributed by atoms with van der Waals surface area (Å²) >= 11 is 0. The van der Waals surface area contributed by atoms with E-state index in [2.05, 4.69) is 0 Å². The van der Waals surface area contributed by atoms with E-state index in [0.717, 1.165) is 15.3 Å². The van der Waals surface area contributed by atoms with E-state index in [1.54, 1.807) is 19.1 Å². The monoisotopic (exact) mass is 387 g/mol. The second-order valence-electron chi connectivity index (χ2n) is 6.11. The molecule has 0 atom stereocenters. The molecule has 0 amide bonds. The molecule has 27 heavy (non-hydrogen) atoms. The highest BCUT2D eigenvalue weighted by Gasteiger charge is 2.18. The molecule has 0 saturated heterocycles. The summed E-state index contributed by atoms with van der Waals surface area (Å²) in [5, 5.41) is 0.743. The van der Waals surface area contributed by atoms with Gasteiger partial charge in [-0.3, -0.25) is 0 Å². The number of hydrogen-bond donors (Lipinski definition) is 0. The lowest BCUT2D eigenvalue weighted by molar-refractivity contribution is 0.0735. The van der Waals surface area contributed by atoms with Gasteiger partial charge in [0.05, 0.1) is 10.5 Å². The van der Waals surface area contributed by atoms with Crippen molar-refractivity contribution >= 4 is 27.0 Å². The fraction of sp³-hybridized carbons (Fsp3) is 0.158. The predicted octanol–water partition coefficient (Wildman–Crippen LogP) is 2.57. The second kappa shape index (κ2) is 6.98. The summed E-state index contributed by atoms with van der Waals surface area (Å²) in [6.07, 6.45) is 0. The highest BCUT2D eigenvalue weighted by atomic mass is 32.2. The molecule has 0 N–H and O–H groups in total. The van der Waals surface area contributed by atoms with E-state index in [4.69, 9.17) is 9.15 Å². The third-order valence-electron chi connectivity index (χ3n) is 4.00. The minimum Gasteiger partial charge on any atom is -0.423 e. The summed E-state index contributed by atoms with van der Waals surface area (Å²) in [4.78, 5) is 23.9. The molecule has 3 aromatic rings. The third-order valence-corrected chi connectivity index (χ3v) is 5.83. The molecule has 0 aliphatic rings. The Bertz CT molecular complexity index is 1180. The zero-order valence-corrected chi connectivity index (χ0v) is 15.7. The first-order chi connectivity index (χ1) is 12.7. The Kier molecular flexibility index (Phi) is 4.86. The largest absolute Gasteiger partial charge is 0.423 e. The number of ether oxygens (including phenoxy) is 1. The minimum absolute atomic E-state index is 0.0759. The van der Waals surface area contributed by atoms with Crippen LogP contribution in [0.25, 0.3) is 11.0 Å². The lowest BCUT2D eigenvalue weighted by Crippen LogP contribution is -2.22. The highest BCUT2D eigenvalue weighted by molar-refractivity contribution is 7.89. The molecule has 0 saturated carbocycles. The average molecular weight is 387 g/mol. The second-order valence-corrected chi connectivity index (χ2v) is 8.26. The van der Waals surface area contributed by atoms with Crippen LogP contribution >= 0.6 is 0 Å². The maximum Gasteiger partial charge on any atom is 0.343 e. The topological polar surface area (TPSA) is 93.9 Å². The van der Waals surface area contributed by atoms with Gasteiger partial charge < -0.3 is 9.15 Å². The van der Waals surface area contributed by atoms with Gasteiger partial charge in [0, 0.05) is 31.6 Å². The number of carbonyl (C=O) groups is 1. The van der Waals surface area contributed by atoms with Crippen LogP contribution < -0.4 is 10.4 Å². The fourth-order valence-corrected chi connectivity index (χ4v) is 3.41. The fourth-order valence-electron chi connectivity index (χ4n) is 2.51. The molecular weight excluding hydrogens is 370 g/mol. The van der Waals surface area contributed by atoms with Crippen LogP contribution in [-0.2, 0) is 10.0 Å². The van der Waals surface area contributed by atoms with E-state index in [1.807, 2.05) is 0 Å². The number of rotatable bonds is 4. The number of benzene rings is 2. The average Bonchev–Trinajstić information content (AvgIpc) is 2.61. The smallest absolute Gasteiger partial charge is 0.343 e. The Hall–Kier alpha value is -2.97. The summed E-state index contributed by atoms with van der Waals surface area (Å²) < 4.78 is 35.6. The molecule has 0 radical (unpaired) electrons. The molecule has 0 aliphatic heterocycles. The van der Waals surface area contributed by atoms with Gasteiger partial charge in [0.2, 0.25) is 10.0 Å². The van der Waals surface area contributed by atoms with Gasteiger partial charge in [-0.1, -0.05) is 0 Å². The Labute approximate surface area is 155 Å². The molecule has 0 aliphatic carbocycles. The van der Waals surface area contributed by atoms with E-state index < -0.39 is 21.6 Å². The Balaban J connectivity index is 1.85. The van der Waals surface area contributed by atoms with Gasteiger partial charge in [0.15, 0.2) is 0 Å². The molecule has 0 unspecified atom stereocenters. The molecule has 7 nitrogen and oxygen atoms in total. The van der Waals surface area contributed by atoms with Crippen molar-refractivity contribution in [3.05, 3.63) is 70.1 Å². The quantitative estimate of drug-likeness (QED) is 0.388. The van der Waals surface area contributed by atoms with Crippen LogP contribution in [0.15, 0.2) is 62.6 Å². The third kappa shape index (κ3) is 3.76. The summed E-state index contributed by atoms with van der Waals surface area (Å²) in [6, 6.07) is 11.6. The van der Waals surface area contributed by atoms with E-state index >= 15 is 0 Å². The number of fused-ring (bicyclic) bond motifs is 1. The summed E-state index contributed by atoms with van der Waals surface area (Å²) in [5.74, 6) is -0.440. The van der Waals surface area contributed by atoms with Crippen LogP contribution in [0.4, 0.5) is 0 Å². The molecule has 0 spiro atoms. The molecule has 0 fully saturated rings. The van der Waals surface area contributed by atoms with Crippen molar-refractivity contribution in [3.8, 4) is 5.75 Å². The van der Waals surface area contributed by atoms with Crippen LogP contribution in [0, 0.1) is 6.92 Å². The number of esters is 1. The van der Waals surface area contributed by atoms with Crippen LogP contribution in [0.1, 0.15) is 15.9 Å². The van der Waals surface area contributed by atoms with E-state index in [0.29, 0.717) is 5.58 Å². The lowest BCUT2D eigenvalue weighted by atomic mass is 10.1. The number of carbonyl (C=O) groups excluding carboxylic acids is 1. The number of sulfonamides is 1. The van der Waals surface area contributed by atoms with Crippen molar-refractivity contribution in [3.63, 3.8) is 0 Å². The van der Waals surface area contributed by atoms with Crippen molar-refractivity contribution in [1.82, 2.24) is 4.31 Å². The zero-order valence-electron chi connectivity index (χ0n) is 14.9. The van der Waals surface area contributed by atoms with Crippen molar-refractivity contribution in [2.24, 2.45) is 0 Å². The van der Waals surface area contributed by atoms with Crippen LogP contribution in [-0.4, -0.2) is 32.8 Å². The SMILES string of the molecule is Cc1cc(=O)oc2cc(OC(=O)c3ccc(S(=O)(=O)N(C)C)cc3)ccc12. The highest BCUT2D eigenvalue weighted by Crippen LogP contribution is 2.23. The normalized spacial score (nSPS) is 11.7. The molecule has 1 heterocycles. The molecule has 3 rings (SSSR count). The molecule has 0 bridgehead atoms. The van der Waals surface area contributed by atoms with Gasteiger partial charge >= 0.3 is 11.6 Å². The summed E-state index contributed by atoms with van der Waals surface area (Å²) in [5.41, 5.74) is 0.786. The predicted molar refractivity (Wildman–Crippen MR) is 99.5 cm³/mol. The van der Waals surface area contributed by atoms with Crippen LogP contribution in [0.5, 0.6) is 5.75 Å². The molecule has 1 aromatic heterocycles. The minimum atomic E-state index is -3.57. The standard InChI is InChI=1S/C19H17NO6S/c1-12-10-18(21)26-17-11-14(6-9-16(12)17)25-19(22)13-4-7-15(8-5-13)27(23,24)20(2)3/h4-11H,1-3H3. The number of nitrogens with zero attached hydrogens (tertiary/aromatic N) is 1. The Morgan fingerprint density at radius 1 is 1.04 bits per heavy atom. The van der Waals surface area contributed by atoms with Gasteiger partial charge in [-0.2, -0.15) is 0 Å². The maximum atomic E-state index is 12.3. The van der Waals surface area contributed by atoms with E-state index in [1.165, 1.54) is 50.5 Å². The molecule has 140 valence electrons. The van der Waals surface area contributed by atoms with Crippen molar-refractivity contribution in [1.29, 1.82) is 0 Å². The Morgan fingerprint density at radius 2 is 1.70 bits per heavy atom. The van der Waals surface area contributed by atoms with Gasteiger partial charge in [-0.25, -0.2) is 22.3 Å². The lowest BCUT2D eigenvalue weighted by Gasteiger charge is -2.11. The summed E-state index contributed by atoms with van der Waals surface area (Å²) in [7, 11) is -0.716. The first-order valence-electron chi connectivity index (χ1n) is 7.98. The van der Waals surface area contributed by atoms with Gasteiger partial charge in [-0.15, -0.1) is 0 Å². The van der Waals surface area contributed by atoms with Crippen LogP contribution in [0.3, 0.4) is 0 Å². The number of hydrogen-bond acceptors (Lipinski definition) is 6. The molecule has 8 heteroatoms. The zero-order chi connectivity index (χ0) is 19.8. The summed E-state index contributed by atoms with van der Waals surface area (Å²) in [6.45, 7) is 1.79. The first kappa shape index (κ1) is 18.8. The van der Waals surface area contributed by atoms with E-state index in [-0.39, 0.29) is 16.2 Å². The van der Waals surface area contributed by atoms with Gasteiger partial charge in [0.25, 0.3) is 0 Å². The molecular formula is C19H17NO6S. The van der Waals surface area contributed by atoms with Crippen molar-refractivity contribution in [2.75, 3.05) is 14.1 Å². The van der Waals surface area contributed by atoms with Crippen molar-refractivity contribution in [2.45, 2.75) is 11.8 Å². The molecule has 2 aromatic carbocycles. The van der Waals surface area contributed by atoms with Crippen molar-refractivity contribution < 1.29 is 22.4 Å². The Morgan fingerprint density at radius 3 is 2.33 bits per heavy atom. The van der Waals surface area contributed by atoms with Gasteiger partial charge in [-0.05, 0) is 48.9 Å². The maximum absolute atomic E-state index is 12.3. The first-order valence-corrected chi connectivity index (χ1v) is 9.42. The van der Waals surface area contributed by atoms with E-state index in [9.17, 15) is 18.0 Å².